The van der Waals surface area contributed by atoms with E-state index in [0.717, 1.165) is 0 Å². The first-order chi connectivity index (χ1) is 12.7. The molecule has 0 radical (unpaired) electrons. The van der Waals surface area contributed by atoms with Crippen molar-refractivity contribution < 1.29 is 28.3 Å². The highest BCUT2D eigenvalue weighted by Gasteiger charge is 2.22. The zero-order valence-corrected chi connectivity index (χ0v) is 14.3. The molecule has 138 valence electrons. The van der Waals surface area contributed by atoms with Crippen LogP contribution in [-0.4, -0.2) is 55.5 Å². The fraction of sp³-hybridized carbons (Fsp3) is 0.353. The second kappa shape index (κ2) is 8.34. The number of benzene rings is 1. The van der Waals surface area contributed by atoms with Crippen molar-refractivity contribution in [3.8, 4) is 11.5 Å². The Hall–Kier alpha value is -3.07. The van der Waals surface area contributed by atoms with Gasteiger partial charge in [-0.05, 0) is 24.6 Å². The third-order valence-electron chi connectivity index (χ3n) is 3.72. The predicted octanol–water partition coefficient (Wildman–Crippen LogP) is 1.52. The minimum atomic E-state index is -0.370. The standard InChI is InChI=1S/C17H19N3O6/c1-23-7-2-6-20(10-16(21)18-15-5-8-26-19-15)17(22)12-3-4-13-14(9-12)25-11-24-13/h3-5,8-9H,2,6-7,10-11H2,1H3,(H,18,19,21). The number of methoxy groups -OCH3 is 1. The van der Waals surface area contributed by atoms with Crippen LogP contribution in [0, 0.1) is 0 Å². The number of nitrogens with zero attached hydrogens (tertiary/aromatic N) is 2. The SMILES string of the molecule is COCCCN(CC(=O)Nc1ccon1)C(=O)c1ccc2c(c1)OCO2. The van der Waals surface area contributed by atoms with Gasteiger partial charge in [-0.3, -0.25) is 9.59 Å². The predicted molar refractivity (Wildman–Crippen MR) is 90.1 cm³/mol. The van der Waals surface area contributed by atoms with E-state index in [1.807, 2.05) is 0 Å². The minimum absolute atomic E-state index is 0.121. The lowest BCUT2D eigenvalue weighted by Crippen LogP contribution is -2.39. The van der Waals surface area contributed by atoms with Crippen molar-refractivity contribution in [2.24, 2.45) is 0 Å². The Morgan fingerprint density at radius 1 is 1.27 bits per heavy atom. The summed E-state index contributed by atoms with van der Waals surface area (Å²) < 4.78 is 20.3. The molecule has 0 spiro atoms. The molecule has 0 saturated heterocycles. The number of ether oxygens (including phenoxy) is 3. The molecule has 0 atom stereocenters. The van der Waals surface area contributed by atoms with E-state index in [2.05, 4.69) is 15.0 Å². The van der Waals surface area contributed by atoms with Crippen molar-refractivity contribution >= 4 is 17.6 Å². The Morgan fingerprint density at radius 2 is 2.12 bits per heavy atom. The highest BCUT2D eigenvalue weighted by Crippen LogP contribution is 2.32. The second-order valence-corrected chi connectivity index (χ2v) is 5.57. The fourth-order valence-electron chi connectivity index (χ4n) is 2.50. The average Bonchev–Trinajstić information content (AvgIpc) is 3.31. The van der Waals surface area contributed by atoms with Gasteiger partial charge < -0.3 is 29.0 Å². The molecule has 1 N–H and O–H groups in total. The molecule has 0 saturated carbocycles. The molecule has 1 aromatic carbocycles. The van der Waals surface area contributed by atoms with Gasteiger partial charge in [-0.15, -0.1) is 0 Å². The van der Waals surface area contributed by atoms with Crippen molar-refractivity contribution in [3.63, 3.8) is 0 Å². The first-order valence-electron chi connectivity index (χ1n) is 8.05. The Balaban J connectivity index is 1.69. The van der Waals surface area contributed by atoms with Crippen LogP contribution in [0.3, 0.4) is 0 Å². The highest BCUT2D eigenvalue weighted by molar-refractivity contribution is 5.99. The molecule has 0 unspecified atom stereocenters. The van der Waals surface area contributed by atoms with Crippen molar-refractivity contribution in [1.29, 1.82) is 0 Å². The molecule has 2 aromatic rings. The zero-order chi connectivity index (χ0) is 18.4. The van der Waals surface area contributed by atoms with E-state index in [4.69, 9.17) is 14.2 Å². The van der Waals surface area contributed by atoms with Crippen molar-refractivity contribution in [2.45, 2.75) is 6.42 Å². The largest absolute Gasteiger partial charge is 0.454 e. The third-order valence-corrected chi connectivity index (χ3v) is 3.72. The van der Waals surface area contributed by atoms with Gasteiger partial charge in [-0.1, -0.05) is 5.16 Å². The Kier molecular flexibility index (Phi) is 5.69. The molecule has 1 aromatic heterocycles. The van der Waals surface area contributed by atoms with Gasteiger partial charge in [0.15, 0.2) is 17.3 Å². The molecule has 0 fully saturated rings. The van der Waals surface area contributed by atoms with Crippen LogP contribution < -0.4 is 14.8 Å². The van der Waals surface area contributed by atoms with Gasteiger partial charge in [0.2, 0.25) is 12.7 Å². The molecular weight excluding hydrogens is 342 g/mol. The van der Waals surface area contributed by atoms with E-state index in [-0.39, 0.29) is 25.2 Å². The number of fused-ring (bicyclic) bond motifs is 1. The molecule has 9 heteroatoms. The number of carbonyl (C=O) groups excluding carboxylic acids is 2. The zero-order valence-electron chi connectivity index (χ0n) is 14.3. The van der Waals surface area contributed by atoms with Crippen LogP contribution in [0.15, 0.2) is 35.1 Å². The van der Waals surface area contributed by atoms with Crippen LogP contribution in [0.5, 0.6) is 11.5 Å². The van der Waals surface area contributed by atoms with Gasteiger partial charge in [0.25, 0.3) is 5.91 Å². The molecule has 1 aliphatic heterocycles. The number of nitrogens with one attached hydrogen (secondary N) is 1. The number of carbonyl (C=O) groups is 2. The fourth-order valence-corrected chi connectivity index (χ4v) is 2.50. The number of anilines is 1. The minimum Gasteiger partial charge on any atom is -0.454 e. The Morgan fingerprint density at radius 3 is 2.88 bits per heavy atom. The number of rotatable bonds is 8. The molecule has 3 rings (SSSR count). The molecule has 9 nitrogen and oxygen atoms in total. The molecule has 0 aliphatic carbocycles. The summed E-state index contributed by atoms with van der Waals surface area (Å²) in [6.07, 6.45) is 1.95. The smallest absolute Gasteiger partial charge is 0.254 e. The van der Waals surface area contributed by atoms with Crippen LogP contribution in [0.1, 0.15) is 16.8 Å². The lowest BCUT2D eigenvalue weighted by Gasteiger charge is -2.22. The van der Waals surface area contributed by atoms with E-state index in [1.54, 1.807) is 25.3 Å². The topological polar surface area (TPSA) is 103 Å². The van der Waals surface area contributed by atoms with E-state index in [0.29, 0.717) is 42.5 Å². The second-order valence-electron chi connectivity index (χ2n) is 5.57. The molecular formula is C17H19N3O6. The van der Waals surface area contributed by atoms with Crippen molar-refractivity contribution in [2.75, 3.05) is 38.9 Å². The van der Waals surface area contributed by atoms with Crippen molar-refractivity contribution in [1.82, 2.24) is 10.1 Å². The lowest BCUT2D eigenvalue weighted by atomic mass is 10.1. The van der Waals surface area contributed by atoms with Crippen molar-refractivity contribution in [3.05, 3.63) is 36.1 Å². The van der Waals surface area contributed by atoms with Crippen LogP contribution in [0.25, 0.3) is 0 Å². The summed E-state index contributed by atoms with van der Waals surface area (Å²) in [6.45, 7) is 0.859. The average molecular weight is 361 g/mol. The van der Waals surface area contributed by atoms with Gasteiger partial charge >= 0.3 is 0 Å². The number of amides is 2. The summed E-state index contributed by atoms with van der Waals surface area (Å²) in [5.74, 6) is 0.749. The molecule has 1 aliphatic rings. The summed E-state index contributed by atoms with van der Waals surface area (Å²) in [7, 11) is 1.58. The molecule has 2 amide bonds. The summed E-state index contributed by atoms with van der Waals surface area (Å²) in [4.78, 5) is 26.5. The van der Waals surface area contributed by atoms with Gasteiger partial charge in [-0.2, -0.15) is 0 Å². The van der Waals surface area contributed by atoms with Gasteiger partial charge in [0.05, 0.1) is 0 Å². The summed E-state index contributed by atoms with van der Waals surface area (Å²) in [5, 5.41) is 6.20. The summed E-state index contributed by atoms with van der Waals surface area (Å²) in [6, 6.07) is 6.46. The van der Waals surface area contributed by atoms with Gasteiger partial charge in [-0.25, -0.2) is 0 Å². The third kappa shape index (κ3) is 4.31. The Labute approximate surface area is 149 Å². The number of hydrogen-bond donors (Lipinski definition) is 1. The first-order valence-corrected chi connectivity index (χ1v) is 8.05. The molecule has 0 bridgehead atoms. The van der Waals surface area contributed by atoms with E-state index in [1.165, 1.54) is 17.2 Å². The van der Waals surface area contributed by atoms with Gasteiger partial charge in [0, 0.05) is 31.9 Å². The first kappa shape index (κ1) is 17.7. The normalized spacial score (nSPS) is 12.0. The summed E-state index contributed by atoms with van der Waals surface area (Å²) >= 11 is 0. The van der Waals surface area contributed by atoms with E-state index < -0.39 is 0 Å². The van der Waals surface area contributed by atoms with Crippen LogP contribution >= 0.6 is 0 Å². The molecule has 26 heavy (non-hydrogen) atoms. The number of aromatic nitrogens is 1. The summed E-state index contributed by atoms with van der Waals surface area (Å²) in [5.41, 5.74) is 0.418. The van der Waals surface area contributed by atoms with Crippen LogP contribution in [-0.2, 0) is 9.53 Å². The molecule has 2 heterocycles. The number of hydrogen-bond acceptors (Lipinski definition) is 7. The quantitative estimate of drug-likeness (QED) is 0.711. The maximum absolute atomic E-state index is 12.9. The lowest BCUT2D eigenvalue weighted by molar-refractivity contribution is -0.117. The highest BCUT2D eigenvalue weighted by atomic mass is 16.7. The van der Waals surface area contributed by atoms with E-state index in [9.17, 15) is 9.59 Å². The van der Waals surface area contributed by atoms with Gasteiger partial charge in [0.1, 0.15) is 12.8 Å². The Bertz CT molecular complexity index is 762. The van der Waals surface area contributed by atoms with Crippen LogP contribution in [0.2, 0.25) is 0 Å². The van der Waals surface area contributed by atoms with E-state index >= 15 is 0 Å². The van der Waals surface area contributed by atoms with Crippen LogP contribution in [0.4, 0.5) is 5.82 Å². The maximum Gasteiger partial charge on any atom is 0.254 e. The monoisotopic (exact) mass is 361 g/mol. The maximum atomic E-state index is 12.9.